The molecule has 1 unspecified atom stereocenters. The number of hydrogen-bond acceptors (Lipinski definition) is 5. The highest BCUT2D eigenvalue weighted by Gasteiger charge is 2.18. The van der Waals surface area contributed by atoms with Gasteiger partial charge in [-0.05, 0) is 26.7 Å². The number of hydrogen-bond donors (Lipinski definition) is 2. The van der Waals surface area contributed by atoms with Crippen molar-refractivity contribution in [2.24, 2.45) is 0 Å². The third-order valence-corrected chi connectivity index (χ3v) is 4.14. The fraction of sp³-hybridized carbons (Fsp3) is 0.812. The number of carbonyl (C=O) groups is 1. The predicted octanol–water partition coefficient (Wildman–Crippen LogP) is 2.67. The summed E-state index contributed by atoms with van der Waals surface area (Å²) in [5.41, 5.74) is 0. The van der Waals surface area contributed by atoms with Crippen LogP contribution in [0, 0.1) is 0 Å². The Kier molecular flexibility index (Phi) is 6.83. The van der Waals surface area contributed by atoms with E-state index in [0.717, 1.165) is 5.82 Å². The predicted molar refractivity (Wildman–Crippen MR) is 84.4 cm³/mol. The summed E-state index contributed by atoms with van der Waals surface area (Å²) in [5.74, 6) is 1.02. The lowest BCUT2D eigenvalue weighted by Gasteiger charge is -2.23. The van der Waals surface area contributed by atoms with E-state index >= 15 is 0 Å². The Balaban J connectivity index is 1.85. The summed E-state index contributed by atoms with van der Waals surface area (Å²) < 4.78 is 4.92. The lowest BCUT2D eigenvalue weighted by atomic mass is 9.96. The van der Waals surface area contributed by atoms with Gasteiger partial charge >= 0.3 is 5.97 Å². The van der Waals surface area contributed by atoms with E-state index < -0.39 is 0 Å². The van der Waals surface area contributed by atoms with Crippen molar-refractivity contribution < 1.29 is 9.53 Å². The molecule has 2 N–H and O–H groups in total. The Labute approximate surface area is 132 Å². The molecule has 1 atom stereocenters. The fourth-order valence-electron chi connectivity index (χ4n) is 2.98. The Hall–Kier alpha value is -1.43. The van der Waals surface area contributed by atoms with Gasteiger partial charge in [0.2, 0.25) is 0 Å². The van der Waals surface area contributed by atoms with E-state index in [9.17, 15) is 4.79 Å². The van der Waals surface area contributed by atoms with Crippen LogP contribution in [0.15, 0.2) is 0 Å². The topological polar surface area (TPSA) is 79.9 Å². The van der Waals surface area contributed by atoms with Gasteiger partial charge in [-0.1, -0.05) is 32.1 Å². The molecule has 1 aromatic rings. The minimum atomic E-state index is -0.272. The molecular weight excluding hydrogens is 280 g/mol. The van der Waals surface area contributed by atoms with Crippen molar-refractivity contribution in [3.63, 3.8) is 0 Å². The number of nitrogens with one attached hydrogen (secondary N) is 2. The number of nitrogens with zero attached hydrogens (tertiary/aromatic N) is 2. The van der Waals surface area contributed by atoms with E-state index in [-0.39, 0.29) is 18.4 Å². The van der Waals surface area contributed by atoms with Crippen molar-refractivity contribution in [2.45, 2.75) is 77.3 Å². The number of H-pyrrole nitrogens is 1. The van der Waals surface area contributed by atoms with Crippen LogP contribution in [0.2, 0.25) is 0 Å². The van der Waals surface area contributed by atoms with Gasteiger partial charge in [-0.25, -0.2) is 4.98 Å². The summed E-state index contributed by atoms with van der Waals surface area (Å²) in [4.78, 5) is 15.9. The molecule has 0 spiro atoms. The normalized spacial score (nSPS) is 18.5. The van der Waals surface area contributed by atoms with E-state index in [1.54, 1.807) is 6.92 Å². The third-order valence-electron chi connectivity index (χ3n) is 4.14. The van der Waals surface area contributed by atoms with E-state index in [2.05, 4.69) is 27.4 Å². The highest BCUT2D eigenvalue weighted by Crippen LogP contribution is 2.19. The van der Waals surface area contributed by atoms with Gasteiger partial charge in [-0.3, -0.25) is 9.89 Å². The van der Waals surface area contributed by atoms with Gasteiger partial charge in [-0.15, -0.1) is 0 Å². The molecule has 6 nitrogen and oxygen atoms in total. The Bertz CT molecular complexity index is 453. The van der Waals surface area contributed by atoms with E-state index in [1.165, 1.54) is 44.9 Å². The molecule has 0 amide bonds. The van der Waals surface area contributed by atoms with Gasteiger partial charge in [0.15, 0.2) is 5.82 Å². The molecule has 0 bridgehead atoms. The zero-order chi connectivity index (χ0) is 15.8. The van der Waals surface area contributed by atoms with Gasteiger partial charge < -0.3 is 10.1 Å². The molecule has 0 aromatic carbocycles. The maximum Gasteiger partial charge on any atom is 0.313 e. The van der Waals surface area contributed by atoms with Crippen LogP contribution in [0.5, 0.6) is 0 Å². The number of aromatic nitrogens is 3. The first-order valence-electron chi connectivity index (χ1n) is 8.52. The summed E-state index contributed by atoms with van der Waals surface area (Å²) in [7, 11) is 0. The summed E-state index contributed by atoms with van der Waals surface area (Å²) in [6.07, 6.45) is 9.26. The lowest BCUT2D eigenvalue weighted by Crippen LogP contribution is -2.32. The molecule has 1 aromatic heterocycles. The monoisotopic (exact) mass is 308 g/mol. The summed E-state index contributed by atoms with van der Waals surface area (Å²) >= 11 is 0. The second-order valence-electron chi connectivity index (χ2n) is 6.05. The molecule has 0 radical (unpaired) electrons. The standard InChI is InChI=1S/C16H28N4O2/c1-3-22-15(21)11-14-18-16(20-19-14)12(2)17-13-9-7-5-4-6-8-10-13/h12-13,17H,3-11H2,1-2H3,(H,18,19,20). The molecule has 1 fully saturated rings. The van der Waals surface area contributed by atoms with Crippen LogP contribution in [-0.2, 0) is 16.0 Å². The second kappa shape index (κ2) is 8.88. The van der Waals surface area contributed by atoms with Crippen molar-refractivity contribution >= 4 is 5.97 Å². The molecule has 2 rings (SSSR count). The van der Waals surface area contributed by atoms with Crippen LogP contribution < -0.4 is 5.32 Å². The van der Waals surface area contributed by atoms with Crippen LogP contribution in [0.25, 0.3) is 0 Å². The average molecular weight is 308 g/mol. The maximum atomic E-state index is 11.5. The molecule has 124 valence electrons. The molecule has 0 saturated heterocycles. The fourth-order valence-corrected chi connectivity index (χ4v) is 2.98. The smallest absolute Gasteiger partial charge is 0.313 e. The highest BCUT2D eigenvalue weighted by molar-refractivity contribution is 5.71. The van der Waals surface area contributed by atoms with Crippen LogP contribution in [0.3, 0.4) is 0 Å². The maximum absolute atomic E-state index is 11.5. The van der Waals surface area contributed by atoms with E-state index in [4.69, 9.17) is 4.74 Å². The number of carbonyl (C=O) groups excluding carboxylic acids is 1. The van der Waals surface area contributed by atoms with E-state index in [0.29, 0.717) is 18.5 Å². The molecule has 6 heteroatoms. The molecule has 0 aliphatic heterocycles. The largest absolute Gasteiger partial charge is 0.466 e. The van der Waals surface area contributed by atoms with Gasteiger partial charge in [0.05, 0.1) is 12.6 Å². The average Bonchev–Trinajstić information content (AvgIpc) is 2.90. The summed E-state index contributed by atoms with van der Waals surface area (Å²) in [6, 6.07) is 0.638. The molecule has 1 aliphatic carbocycles. The minimum Gasteiger partial charge on any atom is -0.466 e. The second-order valence-corrected chi connectivity index (χ2v) is 6.05. The van der Waals surface area contributed by atoms with Crippen LogP contribution in [-0.4, -0.2) is 33.8 Å². The number of rotatable bonds is 6. The lowest BCUT2D eigenvalue weighted by molar-refractivity contribution is -0.142. The van der Waals surface area contributed by atoms with Crippen molar-refractivity contribution in [3.05, 3.63) is 11.6 Å². The van der Waals surface area contributed by atoms with Crippen LogP contribution >= 0.6 is 0 Å². The first-order valence-corrected chi connectivity index (χ1v) is 8.52. The van der Waals surface area contributed by atoms with Gasteiger partial charge in [0.1, 0.15) is 12.2 Å². The zero-order valence-electron chi connectivity index (χ0n) is 13.7. The van der Waals surface area contributed by atoms with Crippen molar-refractivity contribution in [2.75, 3.05) is 6.61 Å². The highest BCUT2D eigenvalue weighted by atomic mass is 16.5. The minimum absolute atomic E-state index is 0.0941. The van der Waals surface area contributed by atoms with Crippen LogP contribution in [0.1, 0.15) is 76.5 Å². The van der Waals surface area contributed by atoms with Gasteiger partial charge in [-0.2, -0.15) is 5.10 Å². The van der Waals surface area contributed by atoms with Gasteiger partial charge in [0, 0.05) is 6.04 Å². The zero-order valence-corrected chi connectivity index (χ0v) is 13.7. The molecule has 22 heavy (non-hydrogen) atoms. The third kappa shape index (κ3) is 5.40. The number of esters is 1. The Morgan fingerprint density at radius 1 is 1.32 bits per heavy atom. The first kappa shape index (κ1) is 16.9. The van der Waals surface area contributed by atoms with Crippen LogP contribution in [0.4, 0.5) is 0 Å². The number of ether oxygens (including phenoxy) is 1. The molecule has 1 aliphatic rings. The van der Waals surface area contributed by atoms with Crippen molar-refractivity contribution in [1.29, 1.82) is 0 Å². The Morgan fingerprint density at radius 2 is 2.00 bits per heavy atom. The summed E-state index contributed by atoms with van der Waals surface area (Å²) in [6.45, 7) is 4.26. The number of aromatic amines is 1. The van der Waals surface area contributed by atoms with Crippen molar-refractivity contribution in [1.82, 2.24) is 20.5 Å². The Morgan fingerprint density at radius 3 is 2.68 bits per heavy atom. The molecule has 1 heterocycles. The van der Waals surface area contributed by atoms with Crippen molar-refractivity contribution in [3.8, 4) is 0 Å². The van der Waals surface area contributed by atoms with Gasteiger partial charge in [0.25, 0.3) is 0 Å². The quantitative estimate of drug-likeness (QED) is 0.790. The SMILES string of the molecule is CCOC(=O)Cc1nc(C(C)NC2CCCCCCC2)n[nH]1. The molecule has 1 saturated carbocycles. The first-order chi connectivity index (χ1) is 10.7. The molecular formula is C16H28N4O2. The van der Waals surface area contributed by atoms with E-state index in [1.807, 2.05) is 0 Å². The summed E-state index contributed by atoms with van der Waals surface area (Å²) in [5, 5.41) is 10.7.